The summed E-state index contributed by atoms with van der Waals surface area (Å²) in [4.78, 5) is 14.9. The molecular weight excluding hydrogens is 404 g/mol. The molecule has 1 aliphatic rings. The van der Waals surface area contributed by atoms with E-state index in [2.05, 4.69) is 5.16 Å². The van der Waals surface area contributed by atoms with Gasteiger partial charge in [0.1, 0.15) is 29.3 Å². The smallest absolute Gasteiger partial charge is 0.259 e. The molecule has 2 aromatic rings. The van der Waals surface area contributed by atoms with Crippen LogP contribution in [0.1, 0.15) is 72.0 Å². The molecule has 6 nitrogen and oxygen atoms in total. The fraction of sp³-hybridized carbons (Fsp3) is 0.565. The molecule has 1 unspecified atom stereocenters. The van der Waals surface area contributed by atoms with Gasteiger partial charge in [0.05, 0.1) is 5.69 Å². The van der Waals surface area contributed by atoms with Crippen molar-refractivity contribution >= 4 is 17.5 Å². The summed E-state index contributed by atoms with van der Waals surface area (Å²) in [6, 6.07) is 3.76. The molecule has 2 heterocycles. The highest BCUT2D eigenvalue weighted by Crippen LogP contribution is 2.30. The molecule has 1 N–H and O–H groups in total. The number of nitrogens with zero attached hydrogens (tertiary/aromatic N) is 2. The third kappa shape index (κ3) is 4.81. The highest BCUT2D eigenvalue weighted by Gasteiger charge is 2.34. The number of benzene rings is 1. The zero-order valence-electron chi connectivity index (χ0n) is 18.4. The summed E-state index contributed by atoms with van der Waals surface area (Å²) in [5, 5.41) is 15.9. The van der Waals surface area contributed by atoms with Gasteiger partial charge in [-0.05, 0) is 69.2 Å². The third-order valence-corrected chi connectivity index (χ3v) is 6.37. The Morgan fingerprint density at radius 2 is 1.93 bits per heavy atom. The molecule has 0 aliphatic carbocycles. The number of amides is 1. The van der Waals surface area contributed by atoms with Crippen molar-refractivity contribution in [2.24, 2.45) is 0 Å². The maximum Gasteiger partial charge on any atom is 0.259 e. The number of aliphatic hydroxyl groups is 1. The largest absolute Gasteiger partial charge is 0.491 e. The minimum atomic E-state index is -0.985. The maximum absolute atomic E-state index is 13.2. The number of aryl methyl sites for hydroxylation is 3. The van der Waals surface area contributed by atoms with Crippen LogP contribution in [0.2, 0.25) is 5.02 Å². The van der Waals surface area contributed by atoms with E-state index in [-0.39, 0.29) is 18.4 Å². The van der Waals surface area contributed by atoms with Crippen molar-refractivity contribution in [2.75, 3.05) is 19.7 Å². The molecule has 1 fully saturated rings. The van der Waals surface area contributed by atoms with E-state index in [0.717, 1.165) is 16.1 Å². The molecule has 164 valence electrons. The van der Waals surface area contributed by atoms with Crippen LogP contribution in [-0.4, -0.2) is 46.4 Å². The Labute approximate surface area is 183 Å². The minimum Gasteiger partial charge on any atom is -0.491 e. The number of ether oxygens (including phenoxy) is 1. The second-order valence-corrected chi connectivity index (χ2v) is 9.06. The van der Waals surface area contributed by atoms with Crippen LogP contribution in [0.25, 0.3) is 0 Å². The van der Waals surface area contributed by atoms with Gasteiger partial charge in [-0.25, -0.2) is 0 Å². The lowest BCUT2D eigenvalue weighted by atomic mass is 9.96. The van der Waals surface area contributed by atoms with Crippen LogP contribution in [0.5, 0.6) is 5.75 Å². The van der Waals surface area contributed by atoms with E-state index in [9.17, 15) is 9.90 Å². The summed E-state index contributed by atoms with van der Waals surface area (Å²) in [6.07, 6.45) is 1.72. The fourth-order valence-electron chi connectivity index (χ4n) is 3.94. The first-order valence-electron chi connectivity index (χ1n) is 10.5. The molecule has 1 atom stereocenters. The van der Waals surface area contributed by atoms with E-state index in [1.807, 2.05) is 39.8 Å². The van der Waals surface area contributed by atoms with Crippen LogP contribution in [0.3, 0.4) is 0 Å². The van der Waals surface area contributed by atoms with Crippen molar-refractivity contribution in [3.05, 3.63) is 45.3 Å². The van der Waals surface area contributed by atoms with Crippen LogP contribution in [0, 0.1) is 20.8 Å². The van der Waals surface area contributed by atoms with Crippen molar-refractivity contribution in [1.29, 1.82) is 0 Å². The van der Waals surface area contributed by atoms with Crippen LogP contribution >= 0.6 is 11.6 Å². The van der Waals surface area contributed by atoms with Gasteiger partial charge in [0, 0.05) is 18.1 Å². The van der Waals surface area contributed by atoms with Gasteiger partial charge in [-0.1, -0.05) is 30.6 Å². The van der Waals surface area contributed by atoms with Crippen molar-refractivity contribution < 1.29 is 19.2 Å². The predicted octanol–water partition coefficient (Wildman–Crippen LogP) is 4.81. The number of rotatable bonds is 5. The zero-order chi connectivity index (χ0) is 22.1. The molecule has 1 aliphatic heterocycles. The second kappa shape index (κ2) is 8.98. The van der Waals surface area contributed by atoms with E-state index in [1.165, 1.54) is 0 Å². The molecule has 7 heteroatoms. The maximum atomic E-state index is 13.2. The molecule has 3 rings (SSSR count). The van der Waals surface area contributed by atoms with E-state index >= 15 is 0 Å². The highest BCUT2D eigenvalue weighted by molar-refractivity contribution is 6.32. The standard InChI is InChI=1S/C23H31ClN2O4/c1-14(2)21-19(17(5)30-25-21)22(27)26-9-6-7-23(28,8-10-26)13-29-18-11-15(3)20(24)16(4)12-18/h11-12,14,28H,6-10,13H2,1-5H3. The van der Waals surface area contributed by atoms with Gasteiger partial charge in [-0.2, -0.15) is 0 Å². The first kappa shape index (κ1) is 22.6. The van der Waals surface area contributed by atoms with Crippen LogP contribution < -0.4 is 4.74 Å². The van der Waals surface area contributed by atoms with Crippen molar-refractivity contribution in [1.82, 2.24) is 10.1 Å². The number of carbonyl (C=O) groups excluding carboxylic acids is 1. The van der Waals surface area contributed by atoms with E-state index in [4.69, 9.17) is 20.9 Å². The lowest BCUT2D eigenvalue weighted by molar-refractivity contribution is -0.0163. The normalized spacial score (nSPS) is 19.8. The number of hydrogen-bond donors (Lipinski definition) is 1. The summed E-state index contributed by atoms with van der Waals surface area (Å²) in [5.41, 5.74) is 2.15. The van der Waals surface area contributed by atoms with Crippen molar-refractivity contribution in [3.8, 4) is 5.75 Å². The predicted molar refractivity (Wildman–Crippen MR) is 116 cm³/mol. The topological polar surface area (TPSA) is 75.8 Å². The number of likely N-dealkylation sites (tertiary alicyclic amines) is 1. The summed E-state index contributed by atoms with van der Waals surface area (Å²) < 4.78 is 11.2. The third-order valence-electron chi connectivity index (χ3n) is 5.77. The van der Waals surface area contributed by atoms with E-state index < -0.39 is 5.60 Å². The lowest BCUT2D eigenvalue weighted by Gasteiger charge is -2.27. The van der Waals surface area contributed by atoms with Gasteiger partial charge >= 0.3 is 0 Å². The van der Waals surface area contributed by atoms with Crippen molar-refractivity contribution in [3.63, 3.8) is 0 Å². The van der Waals surface area contributed by atoms with E-state index in [1.54, 1.807) is 11.8 Å². The molecule has 1 saturated heterocycles. The quantitative estimate of drug-likeness (QED) is 0.730. The molecule has 0 radical (unpaired) electrons. The Bertz CT molecular complexity index is 901. The summed E-state index contributed by atoms with van der Waals surface area (Å²) in [5.74, 6) is 1.26. The molecule has 30 heavy (non-hydrogen) atoms. The average molecular weight is 435 g/mol. The highest BCUT2D eigenvalue weighted by atomic mass is 35.5. The Hall–Kier alpha value is -2.05. The molecule has 0 bridgehead atoms. The minimum absolute atomic E-state index is 0.0773. The second-order valence-electron chi connectivity index (χ2n) is 8.68. The fourth-order valence-corrected chi connectivity index (χ4v) is 4.04. The van der Waals surface area contributed by atoms with Gasteiger partial charge in [0.15, 0.2) is 0 Å². The summed E-state index contributed by atoms with van der Waals surface area (Å²) >= 11 is 6.22. The Balaban J connectivity index is 1.67. The average Bonchev–Trinajstić information content (AvgIpc) is 2.97. The molecule has 1 aromatic heterocycles. The molecule has 0 saturated carbocycles. The number of halogens is 1. The Morgan fingerprint density at radius 3 is 2.57 bits per heavy atom. The monoisotopic (exact) mass is 434 g/mol. The number of carbonyl (C=O) groups is 1. The summed E-state index contributed by atoms with van der Waals surface area (Å²) in [6.45, 7) is 10.8. The Kier molecular flexibility index (Phi) is 6.78. The van der Waals surface area contributed by atoms with Gasteiger partial charge in [-0.15, -0.1) is 0 Å². The summed E-state index contributed by atoms with van der Waals surface area (Å²) in [7, 11) is 0. The lowest BCUT2D eigenvalue weighted by Crippen LogP contribution is -2.38. The number of aromatic nitrogens is 1. The first-order valence-corrected chi connectivity index (χ1v) is 10.9. The number of hydrogen-bond acceptors (Lipinski definition) is 5. The van der Waals surface area contributed by atoms with Gasteiger partial charge in [0.25, 0.3) is 5.91 Å². The van der Waals surface area contributed by atoms with Crippen molar-refractivity contribution in [2.45, 2.75) is 65.4 Å². The molecule has 1 aromatic carbocycles. The van der Waals surface area contributed by atoms with E-state index in [0.29, 0.717) is 55.1 Å². The first-order chi connectivity index (χ1) is 14.1. The zero-order valence-corrected chi connectivity index (χ0v) is 19.2. The SMILES string of the molecule is Cc1cc(OCC2(O)CCCN(C(=O)c3c(C(C)C)noc3C)CC2)cc(C)c1Cl. The molecule has 0 spiro atoms. The van der Waals surface area contributed by atoms with Crippen LogP contribution in [0.15, 0.2) is 16.7 Å². The van der Waals surface area contributed by atoms with Crippen LogP contribution in [0.4, 0.5) is 0 Å². The van der Waals surface area contributed by atoms with Gasteiger partial charge < -0.3 is 19.3 Å². The Morgan fingerprint density at radius 1 is 1.27 bits per heavy atom. The van der Waals surface area contributed by atoms with Crippen LogP contribution in [-0.2, 0) is 0 Å². The van der Waals surface area contributed by atoms with Gasteiger partial charge in [0.2, 0.25) is 0 Å². The molecular formula is C23H31ClN2O4. The molecule has 1 amide bonds. The van der Waals surface area contributed by atoms with Gasteiger partial charge in [-0.3, -0.25) is 4.79 Å².